The SMILES string of the molecule is C[C@H](CCC(=O)N[C@@H](Cc1ccccc1)C(=O)NC[C@H](N)C(=O)N[C@@H](CC(=O)O)C(=O)N[C@@H](CS)C(=O)O)NC(=O)CC[C@H](NC(=S)N[C@@H](CCC(=O)O)C(=O)O)C(=O)O. The zero-order chi connectivity index (χ0) is 45.5. The number of benzene rings is 1. The molecule has 0 spiro atoms. The lowest BCUT2D eigenvalue weighted by Gasteiger charge is -2.23. The molecule has 0 saturated carbocycles. The molecule has 14 N–H and O–H groups in total. The van der Waals surface area contributed by atoms with E-state index >= 15 is 0 Å². The second-order valence-corrected chi connectivity index (χ2v) is 14.1. The van der Waals surface area contributed by atoms with E-state index in [4.69, 9.17) is 28.2 Å². The number of aliphatic carboxylic acids is 5. The summed E-state index contributed by atoms with van der Waals surface area (Å²) in [5.41, 5.74) is 6.55. The number of carbonyl (C=O) groups excluding carboxylic acids is 5. The Morgan fingerprint density at radius 2 is 1.13 bits per heavy atom. The largest absolute Gasteiger partial charge is 0.481 e. The average Bonchev–Trinajstić information content (AvgIpc) is 3.17. The molecular formula is C35H50N8O15S2. The third-order valence-corrected chi connectivity index (χ3v) is 8.90. The molecule has 0 heterocycles. The van der Waals surface area contributed by atoms with E-state index in [2.05, 4.69) is 49.8 Å². The molecule has 0 bridgehead atoms. The number of carbonyl (C=O) groups is 10. The fourth-order valence-corrected chi connectivity index (χ4v) is 5.59. The predicted octanol–water partition coefficient (Wildman–Crippen LogP) is -3.08. The van der Waals surface area contributed by atoms with Gasteiger partial charge in [0.05, 0.1) is 6.42 Å². The molecule has 1 aromatic rings. The zero-order valence-electron chi connectivity index (χ0n) is 32.3. The van der Waals surface area contributed by atoms with E-state index < -0.39 is 121 Å². The number of carboxylic acids is 5. The Morgan fingerprint density at radius 3 is 1.65 bits per heavy atom. The first-order valence-corrected chi connectivity index (χ1v) is 19.2. The van der Waals surface area contributed by atoms with E-state index in [1.54, 1.807) is 37.3 Å². The van der Waals surface area contributed by atoms with Crippen molar-refractivity contribution in [2.24, 2.45) is 5.73 Å². The number of thiocarbonyl (C=S) groups is 1. The summed E-state index contributed by atoms with van der Waals surface area (Å²) in [6.45, 7) is 1.05. The van der Waals surface area contributed by atoms with Gasteiger partial charge in [-0.25, -0.2) is 14.4 Å². The van der Waals surface area contributed by atoms with Crippen molar-refractivity contribution >= 4 is 89.3 Å². The maximum absolute atomic E-state index is 13.3. The molecule has 332 valence electrons. The minimum absolute atomic E-state index is 0.0000841. The van der Waals surface area contributed by atoms with Gasteiger partial charge in [0.2, 0.25) is 29.5 Å². The van der Waals surface area contributed by atoms with Crippen LogP contribution in [-0.2, 0) is 54.4 Å². The number of hydrogen-bond donors (Lipinski definition) is 14. The van der Waals surface area contributed by atoms with Gasteiger partial charge in [-0.3, -0.25) is 33.6 Å². The van der Waals surface area contributed by atoms with Crippen LogP contribution < -0.4 is 43.0 Å². The van der Waals surface area contributed by atoms with Crippen LogP contribution in [0.4, 0.5) is 0 Å². The van der Waals surface area contributed by atoms with Gasteiger partial charge in [0, 0.05) is 44.0 Å². The Balaban J connectivity index is 2.80. The summed E-state index contributed by atoms with van der Waals surface area (Å²) < 4.78 is 0. The van der Waals surface area contributed by atoms with E-state index in [-0.39, 0.29) is 49.4 Å². The first-order chi connectivity index (χ1) is 28.1. The van der Waals surface area contributed by atoms with Crippen molar-refractivity contribution in [3.05, 3.63) is 35.9 Å². The molecule has 7 atom stereocenters. The first kappa shape index (κ1) is 51.9. The lowest BCUT2D eigenvalue weighted by molar-refractivity contribution is -0.143. The van der Waals surface area contributed by atoms with Crippen LogP contribution in [0.2, 0.25) is 0 Å². The zero-order valence-corrected chi connectivity index (χ0v) is 34.0. The van der Waals surface area contributed by atoms with Gasteiger partial charge in [0.25, 0.3) is 0 Å². The van der Waals surface area contributed by atoms with Gasteiger partial charge < -0.3 is 68.5 Å². The van der Waals surface area contributed by atoms with Gasteiger partial charge in [-0.15, -0.1) is 0 Å². The molecule has 1 aromatic carbocycles. The minimum atomic E-state index is -1.72. The molecule has 0 radical (unpaired) electrons. The van der Waals surface area contributed by atoms with Gasteiger partial charge in [0.1, 0.15) is 36.3 Å². The molecule has 0 aromatic heterocycles. The summed E-state index contributed by atoms with van der Waals surface area (Å²) in [5, 5.41) is 62.2. The normalized spacial score (nSPS) is 14.2. The minimum Gasteiger partial charge on any atom is -0.481 e. The number of thiol groups is 1. The summed E-state index contributed by atoms with van der Waals surface area (Å²) in [4.78, 5) is 121. The summed E-state index contributed by atoms with van der Waals surface area (Å²) in [7, 11) is 0. The molecule has 23 nitrogen and oxygen atoms in total. The van der Waals surface area contributed by atoms with Crippen molar-refractivity contribution < 1.29 is 73.5 Å². The fourth-order valence-electron chi connectivity index (χ4n) is 5.06. The highest BCUT2D eigenvalue weighted by Crippen LogP contribution is 2.07. The van der Waals surface area contributed by atoms with E-state index in [9.17, 15) is 63.3 Å². The number of rotatable bonds is 28. The van der Waals surface area contributed by atoms with E-state index in [0.717, 1.165) is 0 Å². The Hall–Kier alpha value is -6.08. The highest BCUT2D eigenvalue weighted by atomic mass is 32.1. The molecule has 0 aliphatic carbocycles. The van der Waals surface area contributed by atoms with Crippen LogP contribution in [0.1, 0.15) is 57.4 Å². The average molecular weight is 887 g/mol. The van der Waals surface area contributed by atoms with E-state index in [1.165, 1.54) is 0 Å². The maximum Gasteiger partial charge on any atom is 0.327 e. The van der Waals surface area contributed by atoms with Crippen molar-refractivity contribution in [2.45, 2.75) is 101 Å². The van der Waals surface area contributed by atoms with Crippen molar-refractivity contribution in [1.82, 2.24) is 37.2 Å². The van der Waals surface area contributed by atoms with Gasteiger partial charge in [-0.05, 0) is 44.0 Å². The molecule has 0 aliphatic rings. The van der Waals surface area contributed by atoms with Crippen LogP contribution in [0, 0.1) is 0 Å². The van der Waals surface area contributed by atoms with Gasteiger partial charge in [0.15, 0.2) is 5.11 Å². The molecule has 1 rings (SSSR count). The lowest BCUT2D eigenvalue weighted by atomic mass is 10.0. The van der Waals surface area contributed by atoms with Crippen molar-refractivity contribution in [3.8, 4) is 0 Å². The summed E-state index contributed by atoms with van der Waals surface area (Å²) in [6.07, 6.45) is -2.45. The molecule has 0 fully saturated rings. The topological polar surface area (TPSA) is 382 Å². The number of carboxylic acid groups (broad SMARTS) is 5. The third-order valence-electron chi connectivity index (χ3n) is 8.30. The van der Waals surface area contributed by atoms with E-state index in [1.807, 2.05) is 0 Å². The Kier molecular flexibility index (Phi) is 23.2. The highest BCUT2D eigenvalue weighted by Gasteiger charge is 2.30. The summed E-state index contributed by atoms with van der Waals surface area (Å²) >= 11 is 8.80. The molecule has 0 aliphatic heterocycles. The van der Waals surface area contributed by atoms with Crippen LogP contribution in [0.25, 0.3) is 0 Å². The molecule has 0 saturated heterocycles. The molecular weight excluding hydrogens is 837 g/mol. The van der Waals surface area contributed by atoms with Gasteiger partial charge in [-0.2, -0.15) is 12.6 Å². The van der Waals surface area contributed by atoms with Gasteiger partial charge >= 0.3 is 29.8 Å². The third kappa shape index (κ3) is 21.1. The fraction of sp³-hybridized carbons (Fsp3) is 0.514. The highest BCUT2D eigenvalue weighted by molar-refractivity contribution is 7.80. The quantitative estimate of drug-likeness (QED) is 0.0293. The number of hydrogen-bond acceptors (Lipinski definition) is 13. The number of amides is 5. The monoisotopic (exact) mass is 886 g/mol. The Labute approximate surface area is 353 Å². The smallest absolute Gasteiger partial charge is 0.327 e. The van der Waals surface area contributed by atoms with Gasteiger partial charge in [-0.1, -0.05) is 30.3 Å². The second kappa shape index (κ2) is 26.8. The molecule has 5 amide bonds. The summed E-state index contributed by atoms with van der Waals surface area (Å²) in [5.74, 6) is -11.4. The standard InChI is InChI=1S/C35H50N8O15S2/c1-17(38-25(44)11-8-20(32(53)54)42-35(60)43-21(33(55)56)9-12-27(46)47)7-10-26(45)39-22(13-18-5-3-2-4-6-18)30(51)37-15-19(36)29(50)40-23(14-28(48)49)31(52)41-24(16-59)34(57)58/h2-6,17,19-24,59H,7-16,36H2,1H3,(H,37,51)(H,38,44)(H,39,45)(H,40,50)(H,41,52)(H,46,47)(H,48,49)(H,53,54)(H,55,56)(H,57,58)(H2,42,43,60)/t17-,19+,20+,21+,22+,23+,24+/m1/s1. The van der Waals surface area contributed by atoms with Crippen molar-refractivity contribution in [1.29, 1.82) is 0 Å². The molecule has 0 unspecified atom stereocenters. The summed E-state index contributed by atoms with van der Waals surface area (Å²) in [6, 6.07) is -0.813. The molecule has 60 heavy (non-hydrogen) atoms. The Bertz CT molecular complexity index is 1720. The molecule has 25 heteroatoms. The van der Waals surface area contributed by atoms with E-state index in [0.29, 0.717) is 5.56 Å². The van der Waals surface area contributed by atoms with Crippen LogP contribution in [0.15, 0.2) is 30.3 Å². The Morgan fingerprint density at radius 1 is 0.617 bits per heavy atom. The number of nitrogens with one attached hydrogen (secondary N) is 7. The van der Waals surface area contributed by atoms with Crippen molar-refractivity contribution in [3.63, 3.8) is 0 Å². The van der Waals surface area contributed by atoms with Crippen molar-refractivity contribution in [2.75, 3.05) is 12.3 Å². The first-order valence-electron chi connectivity index (χ1n) is 18.2. The van der Waals surface area contributed by atoms with Crippen LogP contribution >= 0.6 is 24.8 Å². The second-order valence-electron chi connectivity index (χ2n) is 13.3. The van der Waals surface area contributed by atoms with Crippen LogP contribution in [0.5, 0.6) is 0 Å². The van der Waals surface area contributed by atoms with Crippen LogP contribution in [0.3, 0.4) is 0 Å². The predicted molar refractivity (Wildman–Crippen MR) is 215 cm³/mol. The lowest BCUT2D eigenvalue weighted by Crippen LogP contribution is -2.57. The maximum atomic E-state index is 13.3. The number of nitrogens with two attached hydrogens (primary N) is 1. The van der Waals surface area contributed by atoms with Crippen LogP contribution in [-0.4, -0.2) is 145 Å².